The molecule has 6 nitrogen and oxygen atoms in total. The number of anilines is 1. The van der Waals surface area contributed by atoms with Crippen LogP contribution >= 0.6 is 0 Å². The first-order valence-corrected chi connectivity index (χ1v) is 9.99. The number of likely N-dealkylation sites (tertiary alicyclic amines) is 1. The van der Waals surface area contributed by atoms with Gasteiger partial charge < -0.3 is 10.2 Å². The number of hydrogen-bond donors (Lipinski definition) is 1. The molecule has 1 aliphatic heterocycles. The van der Waals surface area contributed by atoms with Gasteiger partial charge in [-0.1, -0.05) is 12.2 Å². The minimum absolute atomic E-state index is 0.0556. The number of allylic oxidation sites excluding steroid dienone is 2. The number of amides is 1. The number of nitrogens with zero attached hydrogens (tertiary/aromatic N) is 2. The van der Waals surface area contributed by atoms with Crippen LogP contribution in [0.4, 0.5) is 5.69 Å². The van der Waals surface area contributed by atoms with Gasteiger partial charge in [0.25, 0.3) is 10.0 Å². The lowest BCUT2D eigenvalue weighted by molar-refractivity contribution is -0.116. The molecule has 1 saturated heterocycles. The fourth-order valence-electron chi connectivity index (χ4n) is 3.13. The van der Waals surface area contributed by atoms with E-state index in [1.165, 1.54) is 12.1 Å². The van der Waals surface area contributed by atoms with Crippen LogP contribution in [0.1, 0.15) is 32.1 Å². The van der Waals surface area contributed by atoms with Gasteiger partial charge in [0.2, 0.25) is 5.91 Å². The molecule has 0 aromatic heterocycles. The van der Waals surface area contributed by atoms with Crippen molar-refractivity contribution >= 4 is 27.5 Å². The Labute approximate surface area is 148 Å². The zero-order valence-corrected chi connectivity index (χ0v) is 15.1. The second kappa shape index (κ2) is 7.39. The Balaban J connectivity index is 1.65. The molecule has 1 atom stereocenters. The Morgan fingerprint density at radius 2 is 2.08 bits per heavy atom. The Morgan fingerprint density at radius 3 is 2.68 bits per heavy atom. The van der Waals surface area contributed by atoms with Gasteiger partial charge >= 0.3 is 0 Å². The van der Waals surface area contributed by atoms with Crippen LogP contribution in [-0.2, 0) is 14.8 Å². The topological polar surface area (TPSA) is 78.8 Å². The first kappa shape index (κ1) is 17.7. The molecule has 1 N–H and O–H groups in total. The summed E-state index contributed by atoms with van der Waals surface area (Å²) in [6, 6.07) is 6.18. The van der Waals surface area contributed by atoms with Crippen LogP contribution in [0, 0.1) is 5.92 Å². The minimum atomic E-state index is -3.72. The number of sulfonamides is 1. The first-order valence-electron chi connectivity index (χ1n) is 8.55. The molecule has 2 aliphatic rings. The van der Waals surface area contributed by atoms with E-state index in [4.69, 9.17) is 0 Å². The van der Waals surface area contributed by atoms with Gasteiger partial charge in [-0.15, -0.1) is 4.40 Å². The van der Waals surface area contributed by atoms with Crippen molar-refractivity contribution in [1.82, 2.24) is 4.90 Å². The van der Waals surface area contributed by atoms with E-state index in [2.05, 4.69) is 21.9 Å². The van der Waals surface area contributed by atoms with Crippen molar-refractivity contribution in [3.63, 3.8) is 0 Å². The Kier molecular flexibility index (Phi) is 5.22. The largest absolute Gasteiger partial charge is 0.362 e. The van der Waals surface area contributed by atoms with E-state index >= 15 is 0 Å². The lowest BCUT2D eigenvalue weighted by Crippen LogP contribution is -2.20. The molecule has 0 radical (unpaired) electrons. The van der Waals surface area contributed by atoms with Gasteiger partial charge in [-0.25, -0.2) is 0 Å². The van der Waals surface area contributed by atoms with Gasteiger partial charge in [-0.3, -0.25) is 4.79 Å². The number of nitrogens with one attached hydrogen (secondary N) is 1. The Hall–Kier alpha value is -2.15. The van der Waals surface area contributed by atoms with Crippen molar-refractivity contribution in [3.05, 3.63) is 36.4 Å². The molecular formula is C18H23N3O3S. The highest BCUT2D eigenvalue weighted by Gasteiger charge is 2.20. The molecule has 3 rings (SSSR count). The molecule has 1 heterocycles. The summed E-state index contributed by atoms with van der Waals surface area (Å²) in [5, 5.41) is 2.82. The maximum absolute atomic E-state index is 12.4. The van der Waals surface area contributed by atoms with Gasteiger partial charge in [-0.05, 0) is 49.4 Å². The maximum atomic E-state index is 12.4. The summed E-state index contributed by atoms with van der Waals surface area (Å²) < 4.78 is 28.7. The van der Waals surface area contributed by atoms with Crippen molar-refractivity contribution in [2.75, 3.05) is 18.9 Å². The first-order chi connectivity index (χ1) is 11.9. The minimum Gasteiger partial charge on any atom is -0.362 e. The van der Waals surface area contributed by atoms with Crippen LogP contribution in [0.2, 0.25) is 0 Å². The van der Waals surface area contributed by atoms with Gasteiger partial charge in [-0.2, -0.15) is 8.42 Å². The molecular weight excluding hydrogens is 338 g/mol. The average Bonchev–Trinajstić information content (AvgIpc) is 3.20. The third kappa shape index (κ3) is 4.48. The summed E-state index contributed by atoms with van der Waals surface area (Å²) in [5.74, 6) is 0.848. The van der Waals surface area contributed by atoms with Crippen LogP contribution < -0.4 is 5.32 Å². The second-order valence-corrected chi connectivity index (χ2v) is 8.15. The quantitative estimate of drug-likeness (QED) is 0.818. The van der Waals surface area contributed by atoms with E-state index in [1.54, 1.807) is 12.1 Å². The summed E-state index contributed by atoms with van der Waals surface area (Å²) in [7, 11) is -1.87. The third-order valence-electron chi connectivity index (χ3n) is 4.56. The SMILES string of the molecule is CN1CCC/C1=N/S(=O)(=O)c1ccc(NC(=O)CC2C=CCC2)cc1. The Morgan fingerprint density at radius 1 is 1.32 bits per heavy atom. The molecule has 0 spiro atoms. The maximum Gasteiger partial charge on any atom is 0.283 e. The third-order valence-corrected chi connectivity index (χ3v) is 5.87. The van der Waals surface area contributed by atoms with Crippen LogP contribution in [0.5, 0.6) is 0 Å². The molecule has 1 amide bonds. The zero-order chi connectivity index (χ0) is 17.9. The lowest BCUT2D eigenvalue weighted by Gasteiger charge is -2.11. The second-order valence-electron chi connectivity index (χ2n) is 6.55. The van der Waals surface area contributed by atoms with E-state index in [0.717, 1.165) is 25.8 Å². The predicted octanol–water partition coefficient (Wildman–Crippen LogP) is 2.79. The molecule has 0 bridgehead atoms. The summed E-state index contributed by atoms with van der Waals surface area (Å²) in [6.45, 7) is 0.829. The van der Waals surface area contributed by atoms with Gasteiger partial charge in [0.15, 0.2) is 0 Å². The van der Waals surface area contributed by atoms with E-state index in [1.807, 2.05) is 11.9 Å². The molecule has 134 valence electrons. The standard InChI is InChI=1S/C18H23N3O3S/c1-21-12-4-7-17(21)20-25(23,24)16-10-8-15(9-11-16)19-18(22)13-14-5-2-3-6-14/h2,5,8-11,14H,3-4,6-7,12-13H2,1H3,(H,19,22)/b20-17-. The van der Waals surface area contributed by atoms with Crippen molar-refractivity contribution in [2.24, 2.45) is 10.3 Å². The number of hydrogen-bond acceptors (Lipinski definition) is 3. The highest BCUT2D eigenvalue weighted by molar-refractivity contribution is 7.90. The molecule has 1 aliphatic carbocycles. The van der Waals surface area contributed by atoms with Crippen molar-refractivity contribution < 1.29 is 13.2 Å². The van der Waals surface area contributed by atoms with Crippen LogP contribution in [-0.4, -0.2) is 38.7 Å². The van der Waals surface area contributed by atoms with Crippen LogP contribution in [0.25, 0.3) is 0 Å². The molecule has 25 heavy (non-hydrogen) atoms. The lowest BCUT2D eigenvalue weighted by atomic mass is 10.1. The molecule has 7 heteroatoms. The summed E-state index contributed by atoms with van der Waals surface area (Å²) in [4.78, 5) is 14.0. The fraction of sp³-hybridized carbons (Fsp3) is 0.444. The molecule has 1 aromatic rings. The van der Waals surface area contributed by atoms with Gasteiger partial charge in [0, 0.05) is 32.1 Å². The number of carbonyl (C=O) groups excluding carboxylic acids is 1. The van der Waals surface area contributed by atoms with Crippen molar-refractivity contribution in [1.29, 1.82) is 0 Å². The highest BCUT2D eigenvalue weighted by atomic mass is 32.2. The van der Waals surface area contributed by atoms with E-state index < -0.39 is 10.0 Å². The van der Waals surface area contributed by atoms with Crippen LogP contribution in [0.15, 0.2) is 45.7 Å². The smallest absolute Gasteiger partial charge is 0.283 e. The fourth-order valence-corrected chi connectivity index (χ4v) is 4.22. The van der Waals surface area contributed by atoms with E-state index in [9.17, 15) is 13.2 Å². The number of rotatable bonds is 5. The average molecular weight is 361 g/mol. The monoisotopic (exact) mass is 361 g/mol. The summed E-state index contributed by atoms with van der Waals surface area (Å²) in [6.07, 6.45) is 8.28. The molecule has 1 aromatic carbocycles. The van der Waals surface area contributed by atoms with Crippen molar-refractivity contribution in [2.45, 2.75) is 37.0 Å². The molecule has 0 saturated carbocycles. The van der Waals surface area contributed by atoms with E-state index in [0.29, 0.717) is 30.3 Å². The number of amidine groups is 1. The molecule has 1 unspecified atom stereocenters. The predicted molar refractivity (Wildman–Crippen MR) is 98.0 cm³/mol. The van der Waals surface area contributed by atoms with Crippen LogP contribution in [0.3, 0.4) is 0 Å². The zero-order valence-electron chi connectivity index (χ0n) is 14.3. The summed E-state index contributed by atoms with van der Waals surface area (Å²) >= 11 is 0. The Bertz CT molecular complexity index is 797. The van der Waals surface area contributed by atoms with Crippen molar-refractivity contribution in [3.8, 4) is 0 Å². The van der Waals surface area contributed by atoms with E-state index in [-0.39, 0.29) is 10.8 Å². The molecule has 1 fully saturated rings. The van der Waals surface area contributed by atoms with Gasteiger partial charge in [0.1, 0.15) is 5.84 Å². The normalized spacial score (nSPS) is 21.9. The summed E-state index contributed by atoms with van der Waals surface area (Å²) in [5.41, 5.74) is 0.594. The number of benzene rings is 1. The number of carbonyl (C=O) groups is 1. The van der Waals surface area contributed by atoms with Gasteiger partial charge in [0.05, 0.1) is 4.90 Å². The highest BCUT2D eigenvalue weighted by Crippen LogP contribution is 2.22.